The van der Waals surface area contributed by atoms with Gasteiger partial charge in [-0.3, -0.25) is 0 Å². The molecule has 0 amide bonds. The highest BCUT2D eigenvalue weighted by molar-refractivity contribution is 6.18. The molecule has 2 aliphatic rings. The lowest BCUT2D eigenvalue weighted by atomic mass is 9.79. The van der Waals surface area contributed by atoms with Crippen molar-refractivity contribution in [3.8, 4) is 50.2 Å². The van der Waals surface area contributed by atoms with Gasteiger partial charge in [-0.25, -0.2) is 0 Å². The fourth-order valence-corrected chi connectivity index (χ4v) is 13.3. The van der Waals surface area contributed by atoms with Gasteiger partial charge in [-0.05, 0) is 173 Å². The average Bonchev–Trinajstić information content (AvgIpc) is 4.16. The second kappa shape index (κ2) is 13.6. The van der Waals surface area contributed by atoms with Crippen LogP contribution in [0.25, 0.3) is 137 Å². The van der Waals surface area contributed by atoms with Crippen LogP contribution in [0.4, 0.5) is 0 Å². The van der Waals surface area contributed by atoms with Gasteiger partial charge in [0.25, 0.3) is 0 Å². The first kappa shape index (κ1) is 39.2. The lowest BCUT2D eigenvalue weighted by Crippen LogP contribution is -2.15. The van der Waals surface area contributed by atoms with E-state index >= 15 is 0 Å². The topological polar surface area (TPSA) is 31.2 Å². The molecule has 3 heterocycles. The minimum atomic E-state index is -0.269. The smallest absolute Gasteiger partial charge is 0.136 e. The third-order valence-corrected chi connectivity index (χ3v) is 16.8. The minimum absolute atomic E-state index is 0.269. The van der Waals surface area contributed by atoms with E-state index < -0.39 is 0 Å². The van der Waals surface area contributed by atoms with Crippen molar-refractivity contribution in [2.75, 3.05) is 0 Å². The Morgan fingerprint density at radius 3 is 1.15 bits per heavy atom. The predicted molar refractivity (Wildman–Crippen MR) is 296 cm³/mol. The summed E-state index contributed by atoms with van der Waals surface area (Å²) in [5.74, 6) is 0. The van der Waals surface area contributed by atoms with E-state index in [4.69, 9.17) is 8.83 Å². The SMILES string of the molecule is CC1(C)c2cc3c4cc5c(cc4n(-c4ccccc4)c3cc2-c2c1cc(-c1ccc3c(c1)oc1ccccc13)c1ccccc21)-c1c(cc(-c2ccc3c(c2)oc2ccccc23)c2ccccc12)C5(C)C. The van der Waals surface area contributed by atoms with Gasteiger partial charge in [0.05, 0.1) is 11.0 Å². The van der Waals surface area contributed by atoms with E-state index in [9.17, 15) is 0 Å². The molecule has 0 N–H and O–H groups in total. The van der Waals surface area contributed by atoms with E-state index in [2.05, 4.69) is 220 Å². The second-order valence-electron chi connectivity index (χ2n) is 21.2. The van der Waals surface area contributed by atoms with Crippen molar-refractivity contribution >= 4 is 87.2 Å². The maximum Gasteiger partial charge on any atom is 0.136 e. The van der Waals surface area contributed by atoms with Crippen LogP contribution in [0.15, 0.2) is 209 Å². The molecule has 0 bridgehead atoms. The van der Waals surface area contributed by atoms with Crippen molar-refractivity contribution in [1.29, 1.82) is 0 Å². The average molecular weight is 908 g/mol. The molecule has 2 aliphatic carbocycles. The molecular weight excluding hydrogens is 863 g/mol. The van der Waals surface area contributed by atoms with Crippen molar-refractivity contribution in [3.05, 3.63) is 222 Å². The van der Waals surface area contributed by atoms with E-state index in [1.807, 2.05) is 12.1 Å². The Morgan fingerprint density at radius 1 is 0.296 bits per heavy atom. The Bertz CT molecular complexity index is 4410. The maximum absolute atomic E-state index is 6.45. The molecule has 0 radical (unpaired) electrons. The van der Waals surface area contributed by atoms with E-state index in [0.717, 1.165) is 49.6 Å². The fraction of sp³-hybridized carbons (Fsp3) is 0.0882. The molecule has 334 valence electrons. The van der Waals surface area contributed by atoms with Crippen molar-refractivity contribution in [1.82, 2.24) is 4.57 Å². The molecule has 0 aliphatic heterocycles. The number of nitrogens with zero attached hydrogens (tertiary/aromatic N) is 1. The van der Waals surface area contributed by atoms with Crippen LogP contribution in [0.2, 0.25) is 0 Å². The first-order valence-corrected chi connectivity index (χ1v) is 24.9. The highest BCUT2D eigenvalue weighted by Crippen LogP contribution is 2.58. The Morgan fingerprint density at radius 2 is 0.690 bits per heavy atom. The third-order valence-electron chi connectivity index (χ3n) is 16.8. The van der Waals surface area contributed by atoms with Gasteiger partial charge < -0.3 is 13.4 Å². The van der Waals surface area contributed by atoms with Crippen LogP contribution in [-0.2, 0) is 10.8 Å². The van der Waals surface area contributed by atoms with Crippen molar-refractivity contribution < 1.29 is 8.83 Å². The molecular formula is C68H45NO2. The van der Waals surface area contributed by atoms with Crippen molar-refractivity contribution in [3.63, 3.8) is 0 Å². The van der Waals surface area contributed by atoms with E-state index in [1.165, 1.54) is 110 Å². The molecule has 71 heavy (non-hydrogen) atoms. The monoisotopic (exact) mass is 907 g/mol. The zero-order valence-electron chi connectivity index (χ0n) is 39.8. The highest BCUT2D eigenvalue weighted by Gasteiger charge is 2.41. The van der Waals surface area contributed by atoms with Crippen LogP contribution in [0.3, 0.4) is 0 Å². The summed E-state index contributed by atoms with van der Waals surface area (Å²) in [6, 6.07) is 74.3. The largest absolute Gasteiger partial charge is 0.456 e. The van der Waals surface area contributed by atoms with E-state index in [-0.39, 0.29) is 10.8 Å². The lowest BCUT2D eigenvalue weighted by Gasteiger charge is -2.23. The summed E-state index contributed by atoms with van der Waals surface area (Å²) in [5.41, 5.74) is 22.3. The number of fused-ring (bicyclic) bond motifs is 19. The highest BCUT2D eigenvalue weighted by atomic mass is 16.3. The van der Waals surface area contributed by atoms with Gasteiger partial charge in [0.2, 0.25) is 0 Å². The zero-order chi connectivity index (χ0) is 47.1. The number of furan rings is 2. The third kappa shape index (κ3) is 5.12. The number of hydrogen-bond donors (Lipinski definition) is 0. The molecule has 0 fully saturated rings. The summed E-state index contributed by atoms with van der Waals surface area (Å²) in [5, 5.41) is 12.2. The lowest BCUT2D eigenvalue weighted by molar-refractivity contribution is 0.661. The Kier molecular flexibility index (Phi) is 7.49. The van der Waals surface area contributed by atoms with Gasteiger partial charge in [-0.1, -0.05) is 143 Å². The van der Waals surface area contributed by atoms with Crippen LogP contribution in [0.1, 0.15) is 49.9 Å². The molecule has 0 atom stereocenters. The summed E-state index contributed by atoms with van der Waals surface area (Å²) in [7, 11) is 0. The van der Waals surface area contributed by atoms with Gasteiger partial charge in [0.15, 0.2) is 0 Å². The van der Waals surface area contributed by atoms with Crippen LogP contribution in [0, 0.1) is 0 Å². The quantitative estimate of drug-likeness (QED) is 0.177. The Balaban J connectivity index is 0.920. The minimum Gasteiger partial charge on any atom is -0.456 e. The zero-order valence-corrected chi connectivity index (χ0v) is 39.8. The number of benzene rings is 11. The molecule has 16 rings (SSSR count). The van der Waals surface area contributed by atoms with Crippen LogP contribution < -0.4 is 0 Å². The fourth-order valence-electron chi connectivity index (χ4n) is 13.3. The Labute approximate surface area is 409 Å². The first-order valence-electron chi connectivity index (χ1n) is 24.9. The molecule has 3 heteroatoms. The van der Waals surface area contributed by atoms with Crippen LogP contribution in [0.5, 0.6) is 0 Å². The Hall–Kier alpha value is -8.66. The number of rotatable bonds is 3. The van der Waals surface area contributed by atoms with E-state index in [1.54, 1.807) is 0 Å². The molecule has 14 aromatic rings. The van der Waals surface area contributed by atoms with Gasteiger partial charge >= 0.3 is 0 Å². The summed E-state index contributed by atoms with van der Waals surface area (Å²) in [4.78, 5) is 0. The van der Waals surface area contributed by atoms with Crippen LogP contribution in [-0.4, -0.2) is 4.57 Å². The summed E-state index contributed by atoms with van der Waals surface area (Å²) >= 11 is 0. The summed E-state index contributed by atoms with van der Waals surface area (Å²) in [6.07, 6.45) is 0. The summed E-state index contributed by atoms with van der Waals surface area (Å²) in [6.45, 7) is 9.69. The second-order valence-corrected chi connectivity index (χ2v) is 21.2. The number of hydrogen-bond acceptors (Lipinski definition) is 2. The summed E-state index contributed by atoms with van der Waals surface area (Å²) < 4.78 is 15.4. The molecule has 0 saturated heterocycles. The standard InChI is InChI=1S/C68H45NO2/c1-67(2)55-34-51-52-35-56-54(66-48-23-11-9-19-42(48)50(33-58(66)68(56,3)4)39-27-29-46-44-21-13-15-25-62(44)71-64(46)31-39)37-60(52)69(40-16-6-5-7-17-40)59(51)36-53(55)65-47-22-10-8-18-41(47)49(32-57(65)67)38-26-28-45-43-20-12-14-24-61(43)70-63(45)30-38/h5-37H,1-4H3. The molecule has 3 aromatic heterocycles. The molecule has 0 saturated carbocycles. The molecule has 0 spiro atoms. The normalized spacial score (nSPS) is 14.4. The number of para-hydroxylation sites is 3. The number of aromatic nitrogens is 1. The first-order chi connectivity index (χ1) is 34.7. The van der Waals surface area contributed by atoms with Gasteiger partial charge in [-0.2, -0.15) is 0 Å². The van der Waals surface area contributed by atoms with Crippen LogP contribution >= 0.6 is 0 Å². The maximum atomic E-state index is 6.45. The predicted octanol–water partition coefficient (Wildman–Crippen LogP) is 18.8. The van der Waals surface area contributed by atoms with Crippen molar-refractivity contribution in [2.24, 2.45) is 0 Å². The van der Waals surface area contributed by atoms with Crippen molar-refractivity contribution in [2.45, 2.75) is 38.5 Å². The molecule has 3 nitrogen and oxygen atoms in total. The van der Waals surface area contributed by atoms with E-state index in [0.29, 0.717) is 0 Å². The van der Waals surface area contributed by atoms with Gasteiger partial charge in [0.1, 0.15) is 22.3 Å². The van der Waals surface area contributed by atoms with Gasteiger partial charge in [-0.15, -0.1) is 0 Å². The van der Waals surface area contributed by atoms with Gasteiger partial charge in [0, 0.05) is 48.8 Å². The molecule has 11 aromatic carbocycles. The molecule has 0 unspecified atom stereocenters.